The van der Waals surface area contributed by atoms with Crippen LogP contribution in [0, 0.1) is 5.92 Å². The summed E-state index contributed by atoms with van der Waals surface area (Å²) in [5.41, 5.74) is 1.12. The molecule has 82 valence electrons. The maximum absolute atomic E-state index is 4.34. The minimum absolute atomic E-state index is 0.629. The first-order chi connectivity index (χ1) is 7.25. The smallest absolute Gasteiger partial charge is 0.0542 e. The second-order valence-corrected chi connectivity index (χ2v) is 5.24. The molecule has 1 fully saturated rings. The van der Waals surface area contributed by atoms with Crippen LogP contribution in [0.2, 0.25) is 0 Å². The number of rotatable bonds is 4. The molecule has 1 unspecified atom stereocenters. The molecule has 1 aromatic heterocycles. The first kappa shape index (κ1) is 11.1. The molecule has 0 aliphatic heterocycles. The Morgan fingerprint density at radius 1 is 1.53 bits per heavy atom. The molecule has 15 heavy (non-hydrogen) atoms. The zero-order valence-electron chi connectivity index (χ0n) is 9.04. The summed E-state index contributed by atoms with van der Waals surface area (Å²) in [5.74, 6) is 0.889. The fourth-order valence-electron chi connectivity index (χ4n) is 1.88. The average Bonchev–Trinajstić information content (AvgIpc) is 2.14. The lowest BCUT2D eigenvalue weighted by Gasteiger charge is -2.32. The average molecular weight is 269 g/mol. The normalized spacial score (nSPS) is 18.5. The summed E-state index contributed by atoms with van der Waals surface area (Å²) in [7, 11) is 0. The molecule has 1 atom stereocenters. The van der Waals surface area contributed by atoms with Gasteiger partial charge >= 0.3 is 0 Å². The van der Waals surface area contributed by atoms with E-state index in [-0.39, 0.29) is 0 Å². The van der Waals surface area contributed by atoms with Crippen molar-refractivity contribution in [2.75, 3.05) is 0 Å². The molecule has 2 nitrogen and oxygen atoms in total. The van der Waals surface area contributed by atoms with Crippen LogP contribution >= 0.6 is 15.9 Å². The van der Waals surface area contributed by atoms with Crippen LogP contribution in [0.15, 0.2) is 22.8 Å². The SMILES string of the molecule is CC(NCc1ccc(Br)cn1)C1CCC1. The third-order valence-electron chi connectivity index (χ3n) is 3.25. The molecule has 0 bridgehead atoms. The van der Waals surface area contributed by atoms with Gasteiger partial charge in [-0.3, -0.25) is 4.98 Å². The summed E-state index contributed by atoms with van der Waals surface area (Å²) < 4.78 is 1.04. The molecule has 1 N–H and O–H groups in total. The van der Waals surface area contributed by atoms with Gasteiger partial charge in [-0.2, -0.15) is 0 Å². The van der Waals surface area contributed by atoms with E-state index in [1.165, 1.54) is 19.3 Å². The highest BCUT2D eigenvalue weighted by Crippen LogP contribution is 2.29. The zero-order valence-corrected chi connectivity index (χ0v) is 10.6. The van der Waals surface area contributed by atoms with Gasteiger partial charge in [-0.1, -0.05) is 6.42 Å². The van der Waals surface area contributed by atoms with Crippen molar-refractivity contribution in [2.24, 2.45) is 5.92 Å². The van der Waals surface area contributed by atoms with Gasteiger partial charge in [-0.15, -0.1) is 0 Å². The number of halogens is 1. The van der Waals surface area contributed by atoms with E-state index in [0.29, 0.717) is 6.04 Å². The van der Waals surface area contributed by atoms with Gasteiger partial charge in [-0.25, -0.2) is 0 Å². The van der Waals surface area contributed by atoms with Gasteiger partial charge in [0.15, 0.2) is 0 Å². The standard InChI is InChI=1S/C12H17BrN2/c1-9(10-3-2-4-10)14-8-12-6-5-11(13)7-15-12/h5-7,9-10,14H,2-4,8H2,1H3. The molecular formula is C12H17BrN2. The zero-order chi connectivity index (χ0) is 10.7. The predicted molar refractivity (Wildman–Crippen MR) is 65.6 cm³/mol. The summed E-state index contributed by atoms with van der Waals surface area (Å²) in [4.78, 5) is 4.34. The van der Waals surface area contributed by atoms with E-state index in [1.807, 2.05) is 12.3 Å². The molecule has 1 aliphatic carbocycles. The number of aromatic nitrogens is 1. The maximum atomic E-state index is 4.34. The summed E-state index contributed by atoms with van der Waals surface area (Å²) in [5, 5.41) is 3.54. The molecule has 1 aromatic rings. The molecule has 2 rings (SSSR count). The van der Waals surface area contributed by atoms with Crippen LogP contribution in [-0.4, -0.2) is 11.0 Å². The molecule has 1 heterocycles. The third kappa shape index (κ3) is 3.02. The molecular weight excluding hydrogens is 252 g/mol. The fraction of sp³-hybridized carbons (Fsp3) is 0.583. The van der Waals surface area contributed by atoms with E-state index in [4.69, 9.17) is 0 Å². The molecule has 0 spiro atoms. The molecule has 0 radical (unpaired) electrons. The first-order valence-electron chi connectivity index (χ1n) is 5.59. The number of nitrogens with one attached hydrogen (secondary N) is 1. The van der Waals surface area contributed by atoms with E-state index in [1.54, 1.807) is 0 Å². The van der Waals surface area contributed by atoms with Crippen LogP contribution in [0.4, 0.5) is 0 Å². The van der Waals surface area contributed by atoms with Crippen molar-refractivity contribution in [3.8, 4) is 0 Å². The molecule has 1 aliphatic rings. The van der Waals surface area contributed by atoms with Crippen LogP contribution < -0.4 is 5.32 Å². The topological polar surface area (TPSA) is 24.9 Å². The van der Waals surface area contributed by atoms with Crippen molar-refractivity contribution < 1.29 is 0 Å². The van der Waals surface area contributed by atoms with E-state index < -0.39 is 0 Å². The Bertz CT molecular complexity index is 306. The molecule has 0 saturated heterocycles. The maximum Gasteiger partial charge on any atom is 0.0542 e. The van der Waals surface area contributed by atoms with E-state index in [9.17, 15) is 0 Å². The monoisotopic (exact) mass is 268 g/mol. The summed E-state index contributed by atoms with van der Waals surface area (Å²) in [6.45, 7) is 3.16. The lowest BCUT2D eigenvalue weighted by molar-refractivity contribution is 0.239. The number of pyridine rings is 1. The van der Waals surface area contributed by atoms with Crippen LogP contribution in [0.3, 0.4) is 0 Å². The summed E-state index contributed by atoms with van der Waals surface area (Å²) in [6, 6.07) is 4.73. The van der Waals surface area contributed by atoms with Crippen LogP contribution in [0.5, 0.6) is 0 Å². The highest BCUT2D eigenvalue weighted by atomic mass is 79.9. The third-order valence-corrected chi connectivity index (χ3v) is 3.72. The first-order valence-corrected chi connectivity index (χ1v) is 6.39. The largest absolute Gasteiger partial charge is 0.308 e. The molecule has 0 amide bonds. The number of hydrogen-bond donors (Lipinski definition) is 1. The molecule has 3 heteroatoms. The van der Waals surface area contributed by atoms with Gasteiger partial charge < -0.3 is 5.32 Å². The van der Waals surface area contributed by atoms with E-state index in [0.717, 1.165) is 22.6 Å². The fourth-order valence-corrected chi connectivity index (χ4v) is 2.12. The van der Waals surface area contributed by atoms with Crippen molar-refractivity contribution >= 4 is 15.9 Å². The molecule has 0 aromatic carbocycles. The van der Waals surface area contributed by atoms with Crippen molar-refractivity contribution in [2.45, 2.75) is 38.8 Å². The minimum atomic E-state index is 0.629. The number of hydrogen-bond acceptors (Lipinski definition) is 2. The van der Waals surface area contributed by atoms with E-state index in [2.05, 4.69) is 39.2 Å². The van der Waals surface area contributed by atoms with Crippen molar-refractivity contribution in [1.82, 2.24) is 10.3 Å². The molecule has 1 saturated carbocycles. The van der Waals surface area contributed by atoms with Gasteiger partial charge in [0.2, 0.25) is 0 Å². The Hall–Kier alpha value is -0.410. The predicted octanol–water partition coefficient (Wildman–Crippen LogP) is 3.12. The Labute approximate surface area is 99.6 Å². The van der Waals surface area contributed by atoms with Crippen LogP contribution in [0.1, 0.15) is 31.9 Å². The quantitative estimate of drug-likeness (QED) is 0.908. The minimum Gasteiger partial charge on any atom is -0.308 e. The Kier molecular flexibility index (Phi) is 3.76. The van der Waals surface area contributed by atoms with Gasteiger partial charge in [0.1, 0.15) is 0 Å². The van der Waals surface area contributed by atoms with E-state index >= 15 is 0 Å². The lowest BCUT2D eigenvalue weighted by atomic mass is 9.80. The Morgan fingerprint density at radius 2 is 2.33 bits per heavy atom. The van der Waals surface area contributed by atoms with Crippen LogP contribution in [0.25, 0.3) is 0 Å². The second kappa shape index (κ2) is 5.08. The summed E-state index contributed by atoms with van der Waals surface area (Å²) in [6.07, 6.45) is 6.04. The lowest BCUT2D eigenvalue weighted by Crippen LogP contribution is -2.36. The number of nitrogens with zero attached hydrogens (tertiary/aromatic N) is 1. The van der Waals surface area contributed by atoms with Gasteiger partial charge in [0.25, 0.3) is 0 Å². The van der Waals surface area contributed by atoms with Gasteiger partial charge in [0.05, 0.1) is 5.69 Å². The van der Waals surface area contributed by atoms with Crippen molar-refractivity contribution in [3.05, 3.63) is 28.5 Å². The van der Waals surface area contributed by atoms with Gasteiger partial charge in [-0.05, 0) is 53.7 Å². The second-order valence-electron chi connectivity index (χ2n) is 4.33. The summed E-state index contributed by atoms with van der Waals surface area (Å²) >= 11 is 3.39. The Morgan fingerprint density at radius 3 is 2.87 bits per heavy atom. The van der Waals surface area contributed by atoms with Gasteiger partial charge in [0, 0.05) is 23.3 Å². The highest BCUT2D eigenvalue weighted by molar-refractivity contribution is 9.10. The van der Waals surface area contributed by atoms with Crippen LogP contribution in [-0.2, 0) is 6.54 Å². The highest BCUT2D eigenvalue weighted by Gasteiger charge is 2.23. The Balaban J connectivity index is 1.79. The van der Waals surface area contributed by atoms with Crippen molar-refractivity contribution in [3.63, 3.8) is 0 Å². The van der Waals surface area contributed by atoms with Crippen molar-refractivity contribution in [1.29, 1.82) is 0 Å².